The molecule has 2 N–H and O–H groups in total. The van der Waals surface area contributed by atoms with Gasteiger partial charge >= 0.3 is 0 Å². The molecule has 0 spiro atoms. The minimum atomic E-state index is -0.274. The lowest BCUT2D eigenvalue weighted by Crippen LogP contribution is -2.25. The highest BCUT2D eigenvalue weighted by Crippen LogP contribution is 2.27. The van der Waals surface area contributed by atoms with E-state index in [0.717, 1.165) is 11.3 Å². The number of amides is 2. The molecule has 7 heteroatoms. The second kappa shape index (κ2) is 8.97. The van der Waals surface area contributed by atoms with Gasteiger partial charge in [0.25, 0.3) is 11.8 Å². The summed E-state index contributed by atoms with van der Waals surface area (Å²) in [6, 6.07) is 14.2. The van der Waals surface area contributed by atoms with Crippen LogP contribution in [0.25, 0.3) is 0 Å². The number of hydrogen-bond donors (Lipinski definition) is 2. The third kappa shape index (κ3) is 5.05. The van der Waals surface area contributed by atoms with Gasteiger partial charge in [-0.2, -0.15) is 0 Å². The van der Waals surface area contributed by atoms with E-state index in [4.69, 9.17) is 16.3 Å². The number of anilines is 1. The Morgan fingerprint density at radius 3 is 2.74 bits per heavy atom. The number of hydrogen-bond acceptors (Lipinski definition) is 4. The number of thioether (sulfide) groups is 1. The number of rotatable bonds is 5. The van der Waals surface area contributed by atoms with Crippen LogP contribution >= 0.6 is 23.4 Å². The average Bonchev–Trinajstić information content (AvgIpc) is 2.67. The van der Waals surface area contributed by atoms with Crippen LogP contribution < -0.4 is 10.6 Å². The molecule has 5 nitrogen and oxygen atoms in total. The van der Waals surface area contributed by atoms with Crippen LogP contribution in [0.3, 0.4) is 0 Å². The van der Waals surface area contributed by atoms with Crippen LogP contribution in [-0.4, -0.2) is 24.2 Å². The predicted octanol–water partition coefficient (Wildman–Crippen LogP) is 4.20. The molecule has 2 amide bonds. The van der Waals surface area contributed by atoms with Crippen molar-refractivity contribution in [2.24, 2.45) is 0 Å². The van der Waals surface area contributed by atoms with Gasteiger partial charge in [-0.3, -0.25) is 9.59 Å². The van der Waals surface area contributed by atoms with Crippen molar-refractivity contribution in [3.63, 3.8) is 0 Å². The predicted molar refractivity (Wildman–Crippen MR) is 109 cm³/mol. The van der Waals surface area contributed by atoms with Crippen LogP contribution in [0.15, 0.2) is 59.2 Å². The molecule has 0 aliphatic carbocycles. The number of halogens is 1. The molecule has 0 saturated heterocycles. The van der Waals surface area contributed by atoms with Crippen LogP contribution in [0, 0.1) is 0 Å². The summed E-state index contributed by atoms with van der Waals surface area (Å²) in [6.45, 7) is 2.70. The summed E-state index contributed by atoms with van der Waals surface area (Å²) >= 11 is 7.42. The van der Waals surface area contributed by atoms with Crippen molar-refractivity contribution >= 4 is 40.9 Å². The Labute approximate surface area is 167 Å². The van der Waals surface area contributed by atoms with E-state index in [-0.39, 0.29) is 11.8 Å². The molecule has 1 heterocycles. The van der Waals surface area contributed by atoms with Crippen molar-refractivity contribution < 1.29 is 14.3 Å². The Bertz CT molecular complexity index is 898. The zero-order valence-corrected chi connectivity index (χ0v) is 16.3. The Morgan fingerprint density at radius 2 is 1.96 bits per heavy atom. The first-order valence-corrected chi connectivity index (χ1v) is 9.80. The molecule has 2 aromatic carbocycles. The molecule has 1 aliphatic rings. The summed E-state index contributed by atoms with van der Waals surface area (Å²) in [5, 5.41) is 6.29. The number of ether oxygens (including phenoxy) is 1. The van der Waals surface area contributed by atoms with Crippen molar-refractivity contribution in [1.82, 2.24) is 5.32 Å². The second-order valence-corrected chi connectivity index (χ2v) is 7.44. The highest BCUT2D eigenvalue weighted by atomic mass is 35.5. The van der Waals surface area contributed by atoms with Gasteiger partial charge in [0.1, 0.15) is 10.7 Å². The molecule has 0 bridgehead atoms. The van der Waals surface area contributed by atoms with Crippen molar-refractivity contribution in [3.8, 4) is 0 Å². The summed E-state index contributed by atoms with van der Waals surface area (Å²) < 4.78 is 5.43. The highest BCUT2D eigenvalue weighted by Gasteiger charge is 2.20. The lowest BCUT2D eigenvalue weighted by molar-refractivity contribution is -0.112. The summed E-state index contributed by atoms with van der Waals surface area (Å²) in [7, 11) is 0. The summed E-state index contributed by atoms with van der Waals surface area (Å²) in [5.41, 5.74) is 1.75. The van der Waals surface area contributed by atoms with Crippen LogP contribution in [0.4, 0.5) is 5.69 Å². The fraction of sp³-hybridized carbons (Fsp3) is 0.200. The molecule has 0 unspecified atom stereocenters. The van der Waals surface area contributed by atoms with Crippen molar-refractivity contribution in [2.45, 2.75) is 13.5 Å². The largest absolute Gasteiger partial charge is 0.496 e. The number of carbonyl (C=O) groups is 2. The molecule has 27 heavy (non-hydrogen) atoms. The molecule has 0 saturated carbocycles. The van der Waals surface area contributed by atoms with Gasteiger partial charge in [-0.1, -0.05) is 35.9 Å². The maximum atomic E-state index is 12.6. The van der Waals surface area contributed by atoms with E-state index >= 15 is 0 Å². The SMILES string of the molecule is CC1=C(C(=O)Nc2ccccc2C(=O)NCc2cccc(Cl)c2)SCCO1. The monoisotopic (exact) mass is 402 g/mol. The van der Waals surface area contributed by atoms with E-state index in [1.807, 2.05) is 12.1 Å². The van der Waals surface area contributed by atoms with E-state index < -0.39 is 0 Å². The fourth-order valence-corrected chi connectivity index (χ4v) is 3.65. The first-order valence-electron chi connectivity index (χ1n) is 8.44. The van der Waals surface area contributed by atoms with Gasteiger partial charge in [0.05, 0.1) is 17.9 Å². The van der Waals surface area contributed by atoms with Gasteiger partial charge in [0, 0.05) is 17.3 Å². The number of nitrogens with one attached hydrogen (secondary N) is 2. The maximum absolute atomic E-state index is 12.6. The highest BCUT2D eigenvalue weighted by molar-refractivity contribution is 8.04. The first-order chi connectivity index (χ1) is 13.0. The summed E-state index contributed by atoms with van der Waals surface area (Å²) in [4.78, 5) is 25.7. The summed E-state index contributed by atoms with van der Waals surface area (Å²) in [5.74, 6) is 0.782. The molecular weight excluding hydrogens is 384 g/mol. The Morgan fingerprint density at radius 1 is 1.15 bits per heavy atom. The van der Waals surface area contributed by atoms with Crippen LogP contribution in [-0.2, 0) is 16.1 Å². The minimum absolute atomic E-state index is 0.271. The number of para-hydroxylation sites is 1. The van der Waals surface area contributed by atoms with Gasteiger partial charge in [0.2, 0.25) is 0 Å². The van der Waals surface area contributed by atoms with Gasteiger partial charge in [-0.15, -0.1) is 11.8 Å². The molecule has 140 valence electrons. The maximum Gasteiger partial charge on any atom is 0.265 e. The number of carbonyl (C=O) groups excluding carboxylic acids is 2. The van der Waals surface area contributed by atoms with Crippen molar-refractivity contribution in [2.75, 3.05) is 17.7 Å². The quantitative estimate of drug-likeness (QED) is 0.786. The Hall–Kier alpha value is -2.44. The average molecular weight is 403 g/mol. The molecule has 2 aromatic rings. The van der Waals surface area contributed by atoms with Gasteiger partial charge < -0.3 is 15.4 Å². The molecular formula is C20H19ClN2O3S. The van der Waals surface area contributed by atoms with Crippen molar-refractivity contribution in [3.05, 3.63) is 75.3 Å². The summed E-state index contributed by atoms with van der Waals surface area (Å²) in [6.07, 6.45) is 0. The van der Waals surface area contributed by atoms with Crippen LogP contribution in [0.5, 0.6) is 0 Å². The topological polar surface area (TPSA) is 67.4 Å². The standard InChI is InChI=1S/C20H19ClN2O3S/c1-13-18(27-10-9-26-13)20(25)23-17-8-3-2-7-16(17)19(24)22-12-14-5-4-6-15(21)11-14/h2-8,11H,9-10,12H2,1H3,(H,22,24)(H,23,25). The lowest BCUT2D eigenvalue weighted by atomic mass is 10.1. The minimum Gasteiger partial charge on any atom is -0.496 e. The zero-order chi connectivity index (χ0) is 19.2. The van der Waals surface area contributed by atoms with Gasteiger partial charge in [0.15, 0.2) is 0 Å². The first kappa shape index (κ1) is 19.3. The van der Waals surface area contributed by atoms with Crippen LogP contribution in [0.1, 0.15) is 22.8 Å². The molecule has 3 rings (SSSR count). The third-order valence-corrected chi connectivity index (χ3v) is 5.30. The van der Waals surface area contributed by atoms with E-state index in [0.29, 0.717) is 40.1 Å². The molecule has 1 aliphatic heterocycles. The fourth-order valence-electron chi connectivity index (χ4n) is 2.62. The number of benzene rings is 2. The third-order valence-electron chi connectivity index (χ3n) is 3.94. The van der Waals surface area contributed by atoms with E-state index in [9.17, 15) is 9.59 Å². The Kier molecular flexibility index (Phi) is 6.42. The van der Waals surface area contributed by atoms with Gasteiger partial charge in [-0.25, -0.2) is 0 Å². The normalized spacial score (nSPS) is 13.7. The molecule has 0 radical (unpaired) electrons. The van der Waals surface area contributed by atoms with Gasteiger partial charge in [-0.05, 0) is 36.8 Å². The van der Waals surface area contributed by atoms with Crippen LogP contribution in [0.2, 0.25) is 5.02 Å². The molecule has 0 fully saturated rings. The second-order valence-electron chi connectivity index (χ2n) is 5.89. The van der Waals surface area contributed by atoms with Crippen molar-refractivity contribution in [1.29, 1.82) is 0 Å². The smallest absolute Gasteiger partial charge is 0.265 e. The Balaban J connectivity index is 1.71. The van der Waals surface area contributed by atoms with E-state index in [1.54, 1.807) is 43.3 Å². The van der Waals surface area contributed by atoms with E-state index in [1.165, 1.54) is 11.8 Å². The molecule has 0 aromatic heterocycles. The lowest BCUT2D eigenvalue weighted by Gasteiger charge is -2.18. The zero-order valence-electron chi connectivity index (χ0n) is 14.8. The molecule has 0 atom stereocenters. The van der Waals surface area contributed by atoms with E-state index in [2.05, 4.69) is 10.6 Å². The number of allylic oxidation sites excluding steroid dienone is 1.